The van der Waals surface area contributed by atoms with Crippen LogP contribution in [0.1, 0.15) is 51.4 Å². The summed E-state index contributed by atoms with van der Waals surface area (Å²) in [6, 6.07) is 1.04. The zero-order valence-corrected chi connectivity index (χ0v) is 11.6. The van der Waals surface area contributed by atoms with Gasteiger partial charge in [-0.15, -0.1) is 0 Å². The molecule has 3 N–H and O–H groups in total. The number of aliphatic imine (C=N–C) groups is 1. The Hall–Kier alpha value is -0.380. The molecule has 98 valence electrons. The molecule has 2 aliphatic rings. The molecule has 2 rings (SSSR count). The summed E-state index contributed by atoms with van der Waals surface area (Å²) in [6.45, 7) is 0. The van der Waals surface area contributed by atoms with Crippen molar-refractivity contribution in [1.82, 2.24) is 5.32 Å². The third-order valence-electron chi connectivity index (χ3n) is 3.96. The number of rotatable bonds is 3. The van der Waals surface area contributed by atoms with Crippen LogP contribution in [0.2, 0.25) is 0 Å². The van der Waals surface area contributed by atoms with Crippen molar-refractivity contribution in [3.8, 4) is 0 Å². The highest BCUT2D eigenvalue weighted by atomic mass is 32.2. The quantitative estimate of drug-likeness (QED) is 0.602. The first-order chi connectivity index (χ1) is 8.28. The fourth-order valence-electron chi connectivity index (χ4n) is 2.97. The lowest BCUT2D eigenvalue weighted by atomic mass is 9.95. The normalized spacial score (nSPS) is 31.7. The van der Waals surface area contributed by atoms with Crippen molar-refractivity contribution in [1.29, 1.82) is 0 Å². The van der Waals surface area contributed by atoms with Crippen LogP contribution in [0.25, 0.3) is 0 Å². The molecule has 0 aromatic rings. The topological polar surface area (TPSA) is 50.4 Å². The van der Waals surface area contributed by atoms with Gasteiger partial charge in [0, 0.05) is 11.3 Å². The Morgan fingerprint density at radius 3 is 2.65 bits per heavy atom. The predicted octanol–water partition coefficient (Wildman–Crippen LogP) is 2.51. The summed E-state index contributed by atoms with van der Waals surface area (Å²) in [6.07, 6.45) is 12.5. The second kappa shape index (κ2) is 6.53. The van der Waals surface area contributed by atoms with Crippen molar-refractivity contribution >= 4 is 17.7 Å². The number of nitrogens with one attached hydrogen (secondary N) is 1. The molecule has 2 atom stereocenters. The molecule has 2 fully saturated rings. The van der Waals surface area contributed by atoms with Gasteiger partial charge in [-0.3, -0.25) is 4.99 Å². The maximum atomic E-state index is 6.00. The zero-order chi connectivity index (χ0) is 12.1. The smallest absolute Gasteiger partial charge is 0.189 e. The van der Waals surface area contributed by atoms with Crippen LogP contribution >= 0.6 is 11.8 Å². The molecule has 4 heteroatoms. The van der Waals surface area contributed by atoms with Crippen molar-refractivity contribution in [2.75, 3.05) is 6.26 Å². The molecule has 2 saturated carbocycles. The standard InChI is InChI=1S/C13H25N3S/c1-17-12-8-4-7-11(9-12)16-13(14)15-10-5-2-3-6-10/h10-12H,2-9H2,1H3,(H3,14,15,16). The van der Waals surface area contributed by atoms with Crippen molar-refractivity contribution in [2.45, 2.75) is 68.7 Å². The van der Waals surface area contributed by atoms with Crippen LogP contribution in [0.3, 0.4) is 0 Å². The molecular formula is C13H25N3S. The molecule has 3 nitrogen and oxygen atoms in total. The molecule has 0 heterocycles. The van der Waals surface area contributed by atoms with Crippen LogP contribution in [0, 0.1) is 0 Å². The fourth-order valence-corrected chi connectivity index (χ4v) is 3.79. The lowest BCUT2D eigenvalue weighted by Gasteiger charge is -2.29. The van der Waals surface area contributed by atoms with E-state index in [1.807, 2.05) is 11.8 Å². The van der Waals surface area contributed by atoms with E-state index >= 15 is 0 Å². The molecule has 0 aromatic heterocycles. The Bertz CT molecular complexity index is 261. The summed E-state index contributed by atoms with van der Waals surface area (Å²) < 4.78 is 0. The maximum absolute atomic E-state index is 6.00. The molecule has 0 spiro atoms. The van der Waals surface area contributed by atoms with Crippen LogP contribution in [0.15, 0.2) is 4.99 Å². The average molecular weight is 255 g/mol. The molecule has 0 radical (unpaired) electrons. The predicted molar refractivity (Wildman–Crippen MR) is 76.6 cm³/mol. The van der Waals surface area contributed by atoms with Gasteiger partial charge in [-0.2, -0.15) is 11.8 Å². The Morgan fingerprint density at radius 2 is 1.94 bits per heavy atom. The van der Waals surface area contributed by atoms with Gasteiger partial charge in [0.25, 0.3) is 0 Å². The number of thioether (sulfide) groups is 1. The number of hydrogen-bond donors (Lipinski definition) is 2. The Balaban J connectivity index is 1.78. The first kappa shape index (κ1) is 13.1. The molecule has 2 unspecified atom stereocenters. The van der Waals surface area contributed by atoms with E-state index in [1.165, 1.54) is 51.4 Å². The molecule has 0 bridgehead atoms. The lowest BCUT2D eigenvalue weighted by Crippen LogP contribution is -2.43. The molecule has 0 aliphatic heterocycles. The molecule has 17 heavy (non-hydrogen) atoms. The highest BCUT2D eigenvalue weighted by molar-refractivity contribution is 7.99. The monoisotopic (exact) mass is 255 g/mol. The van der Waals surface area contributed by atoms with Gasteiger partial charge in [-0.25, -0.2) is 0 Å². The fraction of sp³-hybridized carbons (Fsp3) is 0.923. The second-order valence-corrected chi connectivity index (χ2v) is 6.46. The minimum atomic E-state index is 0.488. The van der Waals surface area contributed by atoms with E-state index in [9.17, 15) is 0 Å². The van der Waals surface area contributed by atoms with E-state index in [0.29, 0.717) is 18.0 Å². The minimum Gasteiger partial charge on any atom is -0.370 e. The maximum Gasteiger partial charge on any atom is 0.189 e. The van der Waals surface area contributed by atoms with Crippen molar-refractivity contribution in [3.05, 3.63) is 0 Å². The highest BCUT2D eigenvalue weighted by Crippen LogP contribution is 2.27. The van der Waals surface area contributed by atoms with Gasteiger partial charge < -0.3 is 11.1 Å². The summed E-state index contributed by atoms with van der Waals surface area (Å²) in [7, 11) is 0. The van der Waals surface area contributed by atoms with Gasteiger partial charge in [0.05, 0.1) is 6.04 Å². The Labute approximate surface area is 109 Å². The molecule has 0 saturated heterocycles. The second-order valence-electron chi connectivity index (χ2n) is 5.32. The van der Waals surface area contributed by atoms with E-state index in [1.54, 1.807) is 0 Å². The van der Waals surface area contributed by atoms with E-state index in [4.69, 9.17) is 5.73 Å². The minimum absolute atomic E-state index is 0.488. The average Bonchev–Trinajstić information content (AvgIpc) is 2.82. The van der Waals surface area contributed by atoms with Crippen molar-refractivity contribution in [2.24, 2.45) is 10.7 Å². The number of nitrogens with two attached hydrogens (primary N) is 1. The summed E-state index contributed by atoms with van der Waals surface area (Å²) in [5.74, 6) is 0.684. The SMILES string of the molecule is CSC1CCCC(NC(N)=NC2CCCC2)C1. The van der Waals surface area contributed by atoms with Gasteiger partial charge in [-0.1, -0.05) is 19.3 Å². The third kappa shape index (κ3) is 4.09. The zero-order valence-electron chi connectivity index (χ0n) is 10.8. The third-order valence-corrected chi connectivity index (χ3v) is 5.05. The largest absolute Gasteiger partial charge is 0.370 e. The van der Waals surface area contributed by atoms with Crippen LogP contribution < -0.4 is 11.1 Å². The van der Waals surface area contributed by atoms with Crippen molar-refractivity contribution < 1.29 is 0 Å². The number of nitrogens with zero attached hydrogens (tertiary/aromatic N) is 1. The van der Waals surface area contributed by atoms with Gasteiger partial charge in [0.1, 0.15) is 0 Å². The van der Waals surface area contributed by atoms with E-state index < -0.39 is 0 Å². The summed E-state index contributed by atoms with van der Waals surface area (Å²) in [5.41, 5.74) is 6.00. The summed E-state index contributed by atoms with van der Waals surface area (Å²) in [4.78, 5) is 4.60. The lowest BCUT2D eigenvalue weighted by molar-refractivity contribution is 0.421. The van der Waals surface area contributed by atoms with Gasteiger partial charge in [0.15, 0.2) is 5.96 Å². The van der Waals surface area contributed by atoms with Crippen LogP contribution in [0.5, 0.6) is 0 Å². The Morgan fingerprint density at radius 1 is 1.18 bits per heavy atom. The molecule has 0 amide bonds. The van der Waals surface area contributed by atoms with Crippen LogP contribution in [-0.4, -0.2) is 29.5 Å². The summed E-state index contributed by atoms with van der Waals surface area (Å²) in [5, 5.41) is 4.23. The van der Waals surface area contributed by atoms with E-state index in [-0.39, 0.29) is 0 Å². The molecule has 2 aliphatic carbocycles. The van der Waals surface area contributed by atoms with Gasteiger partial charge >= 0.3 is 0 Å². The van der Waals surface area contributed by atoms with Gasteiger partial charge in [0.2, 0.25) is 0 Å². The first-order valence-corrected chi connectivity index (χ1v) is 8.19. The van der Waals surface area contributed by atoms with Crippen LogP contribution in [-0.2, 0) is 0 Å². The summed E-state index contributed by atoms with van der Waals surface area (Å²) >= 11 is 1.99. The Kier molecular flexibility index (Phi) is 5.01. The van der Waals surface area contributed by atoms with Crippen LogP contribution in [0.4, 0.5) is 0 Å². The van der Waals surface area contributed by atoms with Gasteiger partial charge in [-0.05, 0) is 38.4 Å². The molecule has 0 aromatic carbocycles. The van der Waals surface area contributed by atoms with Crippen molar-refractivity contribution in [3.63, 3.8) is 0 Å². The number of guanidine groups is 1. The highest BCUT2D eigenvalue weighted by Gasteiger charge is 2.22. The van der Waals surface area contributed by atoms with E-state index in [2.05, 4.69) is 16.6 Å². The number of hydrogen-bond acceptors (Lipinski definition) is 2. The first-order valence-electron chi connectivity index (χ1n) is 6.90. The molecular weight excluding hydrogens is 230 g/mol. The van der Waals surface area contributed by atoms with E-state index in [0.717, 1.165) is 5.25 Å².